The molecule has 0 fully saturated rings. The molecule has 3 aromatic carbocycles. The van der Waals surface area contributed by atoms with Crippen LogP contribution in [0.5, 0.6) is 0 Å². The van der Waals surface area contributed by atoms with Crippen molar-refractivity contribution in [2.75, 3.05) is 0 Å². The quantitative estimate of drug-likeness (QED) is 0.548. The monoisotopic (exact) mass is 323 g/mol. The molecule has 0 unspecified atom stereocenters. The molecule has 0 N–H and O–H groups in total. The molecular weight excluding hydrogens is 306 g/mol. The molecule has 0 aliphatic rings. The molecule has 0 atom stereocenters. The summed E-state index contributed by atoms with van der Waals surface area (Å²) in [7, 11) is 2.05. The fourth-order valence-corrected chi connectivity index (χ4v) is 3.10. The molecule has 0 spiro atoms. The van der Waals surface area contributed by atoms with Gasteiger partial charge in [-0.2, -0.15) is 5.26 Å². The summed E-state index contributed by atoms with van der Waals surface area (Å²) >= 11 is 0. The smallest absolute Gasteiger partial charge is 0.114 e. The van der Waals surface area contributed by atoms with Crippen LogP contribution in [0.4, 0.5) is 0 Å². The molecule has 0 aliphatic heterocycles. The number of imidazole rings is 1. The maximum absolute atomic E-state index is 8.91. The number of fused-ring (bicyclic) bond motifs is 1. The molecule has 3 heteroatoms. The molecule has 0 aliphatic carbocycles. The van der Waals surface area contributed by atoms with Crippen LogP contribution < -0.4 is 0 Å². The van der Waals surface area contributed by atoms with E-state index in [9.17, 15) is 0 Å². The van der Waals surface area contributed by atoms with E-state index in [2.05, 4.69) is 48.0 Å². The minimum absolute atomic E-state index is 0.682. The number of benzene rings is 3. The third kappa shape index (κ3) is 2.90. The van der Waals surface area contributed by atoms with Gasteiger partial charge in [0.2, 0.25) is 0 Å². The van der Waals surface area contributed by atoms with Gasteiger partial charge < -0.3 is 4.57 Å². The summed E-state index contributed by atoms with van der Waals surface area (Å²) in [6, 6.07) is 26.6. The average Bonchev–Trinajstić information content (AvgIpc) is 2.98. The third-order valence-corrected chi connectivity index (χ3v) is 4.53. The van der Waals surface area contributed by atoms with E-state index in [1.54, 1.807) is 0 Å². The lowest BCUT2D eigenvalue weighted by molar-refractivity contribution is 0.844. The highest BCUT2D eigenvalue weighted by Crippen LogP contribution is 2.25. The first-order valence-electron chi connectivity index (χ1n) is 8.24. The van der Waals surface area contributed by atoms with Crippen molar-refractivity contribution in [1.82, 2.24) is 9.55 Å². The number of hydrogen-bond acceptors (Lipinski definition) is 2. The molecule has 0 bridgehead atoms. The summed E-state index contributed by atoms with van der Waals surface area (Å²) in [5.74, 6) is 1.02. The van der Waals surface area contributed by atoms with Gasteiger partial charge in [0.25, 0.3) is 0 Å². The molecule has 0 radical (unpaired) electrons. The van der Waals surface area contributed by atoms with Crippen LogP contribution in [0.15, 0.2) is 72.8 Å². The molecule has 1 heterocycles. The van der Waals surface area contributed by atoms with Crippen LogP contribution in [0, 0.1) is 11.3 Å². The number of rotatable bonds is 3. The predicted octanol–water partition coefficient (Wildman–Crippen LogP) is 4.70. The van der Waals surface area contributed by atoms with Gasteiger partial charge in [0.1, 0.15) is 5.82 Å². The third-order valence-electron chi connectivity index (χ3n) is 4.53. The van der Waals surface area contributed by atoms with Crippen molar-refractivity contribution in [3.05, 3.63) is 89.7 Å². The van der Waals surface area contributed by atoms with Crippen LogP contribution in [0.3, 0.4) is 0 Å². The standard InChI is InChI=1S/C22H17N3/c1-25-21-12-11-19(18-5-3-2-4-6-18)14-20(21)24-22(25)13-16-7-9-17(15-23)10-8-16/h2-12,14H,13H2,1H3. The Bertz CT molecular complexity index is 1070. The van der Waals surface area contributed by atoms with Gasteiger partial charge in [-0.15, -0.1) is 0 Å². The fourth-order valence-electron chi connectivity index (χ4n) is 3.10. The molecule has 0 saturated heterocycles. The first-order valence-corrected chi connectivity index (χ1v) is 8.24. The number of aryl methyl sites for hydroxylation is 1. The average molecular weight is 323 g/mol. The Morgan fingerprint density at radius 3 is 2.40 bits per heavy atom. The van der Waals surface area contributed by atoms with Gasteiger partial charge in [0.05, 0.1) is 22.7 Å². The van der Waals surface area contributed by atoms with Gasteiger partial charge in [-0.1, -0.05) is 48.5 Å². The highest BCUT2D eigenvalue weighted by atomic mass is 15.1. The Labute approximate surface area is 146 Å². The molecule has 0 amide bonds. The molecule has 120 valence electrons. The second-order valence-electron chi connectivity index (χ2n) is 6.14. The Kier molecular flexibility index (Phi) is 3.80. The molecule has 3 nitrogen and oxygen atoms in total. The van der Waals surface area contributed by atoms with Crippen molar-refractivity contribution >= 4 is 11.0 Å². The van der Waals surface area contributed by atoms with Crippen molar-refractivity contribution in [2.45, 2.75) is 6.42 Å². The Hall–Kier alpha value is -3.38. The van der Waals surface area contributed by atoms with Crippen LogP contribution in [-0.4, -0.2) is 9.55 Å². The summed E-state index contributed by atoms with van der Waals surface area (Å²) in [4.78, 5) is 4.83. The van der Waals surface area contributed by atoms with Gasteiger partial charge in [-0.05, 0) is 41.0 Å². The van der Waals surface area contributed by atoms with Crippen molar-refractivity contribution in [2.24, 2.45) is 7.05 Å². The van der Waals surface area contributed by atoms with Crippen molar-refractivity contribution in [1.29, 1.82) is 5.26 Å². The van der Waals surface area contributed by atoms with Gasteiger partial charge in [-0.3, -0.25) is 0 Å². The first-order chi connectivity index (χ1) is 12.2. The molecule has 25 heavy (non-hydrogen) atoms. The Morgan fingerprint density at radius 1 is 0.920 bits per heavy atom. The maximum atomic E-state index is 8.91. The largest absolute Gasteiger partial charge is 0.331 e. The van der Waals surface area contributed by atoms with Gasteiger partial charge in [0, 0.05) is 13.5 Å². The molecular formula is C22H17N3. The van der Waals surface area contributed by atoms with Crippen LogP contribution in [0.1, 0.15) is 17.0 Å². The number of nitriles is 1. The zero-order valence-electron chi connectivity index (χ0n) is 14.0. The molecule has 0 saturated carbocycles. The van der Waals surface area contributed by atoms with Crippen LogP contribution >= 0.6 is 0 Å². The second kappa shape index (κ2) is 6.26. The van der Waals surface area contributed by atoms with Crippen molar-refractivity contribution in [3.8, 4) is 17.2 Å². The van der Waals surface area contributed by atoms with E-state index in [1.165, 1.54) is 11.1 Å². The van der Waals surface area contributed by atoms with E-state index in [0.717, 1.165) is 28.8 Å². The summed E-state index contributed by atoms with van der Waals surface area (Å²) in [5, 5.41) is 8.91. The lowest BCUT2D eigenvalue weighted by Crippen LogP contribution is -1.99. The number of aromatic nitrogens is 2. The van der Waals surface area contributed by atoms with Gasteiger partial charge >= 0.3 is 0 Å². The first kappa shape index (κ1) is 15.2. The minimum atomic E-state index is 0.682. The Morgan fingerprint density at radius 2 is 1.68 bits per heavy atom. The second-order valence-corrected chi connectivity index (χ2v) is 6.14. The van der Waals surface area contributed by atoms with Crippen LogP contribution in [0.2, 0.25) is 0 Å². The van der Waals surface area contributed by atoms with Crippen molar-refractivity contribution in [3.63, 3.8) is 0 Å². The lowest BCUT2D eigenvalue weighted by Gasteiger charge is -2.03. The van der Waals surface area contributed by atoms with Gasteiger partial charge in [0.15, 0.2) is 0 Å². The lowest BCUT2D eigenvalue weighted by atomic mass is 10.1. The zero-order valence-corrected chi connectivity index (χ0v) is 14.0. The normalized spacial score (nSPS) is 10.7. The van der Waals surface area contributed by atoms with Gasteiger partial charge in [-0.25, -0.2) is 4.98 Å². The zero-order chi connectivity index (χ0) is 17.2. The van der Waals surface area contributed by atoms with E-state index in [4.69, 9.17) is 10.2 Å². The maximum Gasteiger partial charge on any atom is 0.114 e. The summed E-state index contributed by atoms with van der Waals surface area (Å²) in [6.45, 7) is 0. The topological polar surface area (TPSA) is 41.6 Å². The predicted molar refractivity (Wildman–Crippen MR) is 100 cm³/mol. The highest BCUT2D eigenvalue weighted by Gasteiger charge is 2.10. The van der Waals surface area contributed by atoms with E-state index in [-0.39, 0.29) is 0 Å². The van der Waals surface area contributed by atoms with Crippen LogP contribution in [-0.2, 0) is 13.5 Å². The Balaban J connectivity index is 1.70. The molecule has 4 aromatic rings. The summed E-state index contributed by atoms with van der Waals surface area (Å²) < 4.78 is 2.14. The van der Waals surface area contributed by atoms with E-state index < -0.39 is 0 Å². The molecule has 4 rings (SSSR count). The fraction of sp³-hybridized carbons (Fsp3) is 0.0909. The SMILES string of the molecule is Cn1c(Cc2ccc(C#N)cc2)nc2cc(-c3ccccc3)ccc21. The van der Waals surface area contributed by atoms with Crippen LogP contribution in [0.25, 0.3) is 22.2 Å². The van der Waals surface area contributed by atoms with Crippen molar-refractivity contribution < 1.29 is 0 Å². The minimum Gasteiger partial charge on any atom is -0.331 e. The van der Waals surface area contributed by atoms with E-state index >= 15 is 0 Å². The summed E-state index contributed by atoms with van der Waals surface area (Å²) in [6.07, 6.45) is 0.748. The number of nitrogens with zero attached hydrogens (tertiary/aromatic N) is 3. The van der Waals surface area contributed by atoms with E-state index in [0.29, 0.717) is 5.56 Å². The molecule has 1 aromatic heterocycles. The number of hydrogen-bond donors (Lipinski definition) is 0. The van der Waals surface area contributed by atoms with E-state index in [1.807, 2.05) is 42.5 Å². The summed E-state index contributed by atoms with van der Waals surface area (Å²) in [5.41, 5.74) is 6.34. The highest BCUT2D eigenvalue weighted by molar-refractivity contribution is 5.82.